The molecule has 1 saturated heterocycles. The molecule has 2 aliphatic heterocycles. The highest BCUT2D eigenvalue weighted by molar-refractivity contribution is 6.30. The van der Waals surface area contributed by atoms with E-state index in [-0.39, 0.29) is 23.4 Å². The zero-order valence-electron chi connectivity index (χ0n) is 16.9. The number of nitrogens with zero attached hydrogens (tertiary/aromatic N) is 2. The van der Waals surface area contributed by atoms with Crippen LogP contribution in [0.3, 0.4) is 0 Å². The first-order valence-electron chi connectivity index (χ1n) is 9.65. The number of fused-ring (bicyclic) bond motifs is 1. The number of hydrogen-bond acceptors (Lipinski definition) is 5. The molecular weight excluding hydrogens is 420 g/mol. The number of hydrogen-bond donors (Lipinski definition) is 0. The fourth-order valence-electron chi connectivity index (χ4n) is 3.70. The fourth-order valence-corrected chi connectivity index (χ4v) is 4.12. The number of esters is 1. The molecule has 2 heterocycles. The lowest BCUT2D eigenvalue weighted by Gasteiger charge is -2.46. The van der Waals surface area contributed by atoms with Crippen LogP contribution in [-0.4, -0.2) is 45.0 Å². The molecule has 158 valence electrons. The van der Waals surface area contributed by atoms with Gasteiger partial charge in [0.15, 0.2) is 6.04 Å². The normalized spacial score (nSPS) is 19.8. The maximum Gasteiger partial charge on any atom is 0.355 e. The first-order chi connectivity index (χ1) is 14.8. The summed E-state index contributed by atoms with van der Waals surface area (Å²) in [5, 5.41) is 0. The van der Waals surface area contributed by atoms with E-state index in [9.17, 15) is 19.2 Å². The predicted molar refractivity (Wildman–Crippen MR) is 112 cm³/mol. The van der Waals surface area contributed by atoms with E-state index in [0.717, 1.165) is 15.4 Å². The fraction of sp³-hybridized carbons (Fsp3) is 0.217. The number of benzene rings is 2. The van der Waals surface area contributed by atoms with Crippen LogP contribution in [0.4, 0.5) is 0 Å². The third kappa shape index (κ3) is 3.41. The molecule has 0 aliphatic carbocycles. The number of carbonyl (C=O) groups is 4. The van der Waals surface area contributed by atoms with Crippen LogP contribution in [0, 0.1) is 0 Å². The Hall–Kier alpha value is -3.45. The van der Waals surface area contributed by atoms with Gasteiger partial charge >= 0.3 is 5.97 Å². The van der Waals surface area contributed by atoms with Gasteiger partial charge in [-0.05, 0) is 37.1 Å². The van der Waals surface area contributed by atoms with E-state index in [1.807, 2.05) is 30.3 Å². The van der Waals surface area contributed by atoms with Gasteiger partial charge in [-0.1, -0.05) is 54.1 Å². The largest absolute Gasteiger partial charge is 0.456 e. The molecule has 2 aliphatic rings. The minimum atomic E-state index is -1.19. The quantitative estimate of drug-likeness (QED) is 0.179. The van der Waals surface area contributed by atoms with Gasteiger partial charge in [0.05, 0.1) is 11.1 Å². The summed E-state index contributed by atoms with van der Waals surface area (Å²) in [5.41, 5.74) is 0.709. The maximum atomic E-state index is 13.0. The van der Waals surface area contributed by atoms with Gasteiger partial charge in [-0.15, -0.1) is 0 Å². The molecule has 2 aromatic carbocycles. The molecule has 0 radical (unpaired) electrons. The first kappa shape index (κ1) is 20.8. The molecule has 3 amide bonds. The molecule has 0 bridgehead atoms. The molecule has 8 heteroatoms. The van der Waals surface area contributed by atoms with E-state index in [2.05, 4.69) is 0 Å². The number of β-lactam (4-membered cyclic amide) rings is 1. The van der Waals surface area contributed by atoms with Gasteiger partial charge in [0.25, 0.3) is 17.7 Å². The van der Waals surface area contributed by atoms with Gasteiger partial charge < -0.3 is 4.74 Å². The number of imide groups is 1. The third-order valence-electron chi connectivity index (χ3n) is 5.22. The molecule has 0 aromatic heterocycles. The van der Waals surface area contributed by atoms with Crippen molar-refractivity contribution in [2.24, 2.45) is 0 Å². The summed E-state index contributed by atoms with van der Waals surface area (Å²) in [5.74, 6) is -2.46. The van der Waals surface area contributed by atoms with Crippen LogP contribution in [0.5, 0.6) is 0 Å². The number of rotatable bonds is 5. The van der Waals surface area contributed by atoms with Gasteiger partial charge in [0.1, 0.15) is 17.8 Å². The lowest BCUT2D eigenvalue weighted by Crippen LogP contribution is -2.69. The second kappa shape index (κ2) is 8.00. The number of amides is 3. The van der Waals surface area contributed by atoms with Crippen LogP contribution in [0.1, 0.15) is 40.1 Å². The molecule has 0 spiro atoms. The number of ether oxygens (including phenoxy) is 1. The van der Waals surface area contributed by atoms with Crippen molar-refractivity contribution in [2.45, 2.75) is 32.0 Å². The SMILES string of the molecule is CC(C)=C(C(=O)OCc1ccccc1)N1C(=O)[C@@H](N2C(=O)c3ccccc3C2=O)[C@@H]1Cl. The monoisotopic (exact) mass is 438 g/mol. The van der Waals surface area contributed by atoms with E-state index < -0.39 is 35.2 Å². The average Bonchev–Trinajstić information content (AvgIpc) is 3.01. The summed E-state index contributed by atoms with van der Waals surface area (Å²) >= 11 is 6.45. The Kier molecular flexibility index (Phi) is 5.37. The number of carbonyl (C=O) groups excluding carboxylic acids is 4. The standard InChI is InChI=1S/C23H19ClN2O5/c1-13(2)17(23(30)31-12-14-8-4-3-5-9-14)25-19(24)18(22(25)29)26-20(27)15-10-6-7-11-16(15)21(26)28/h3-11,18-19H,12H2,1-2H3/t18-,19+/m0/s1. The van der Waals surface area contributed by atoms with Gasteiger partial charge in [-0.25, -0.2) is 4.79 Å². The van der Waals surface area contributed by atoms with Crippen molar-refractivity contribution in [2.75, 3.05) is 0 Å². The maximum absolute atomic E-state index is 13.0. The average molecular weight is 439 g/mol. The smallest absolute Gasteiger partial charge is 0.355 e. The Morgan fingerprint density at radius 3 is 2.00 bits per heavy atom. The molecule has 0 N–H and O–H groups in total. The van der Waals surface area contributed by atoms with E-state index >= 15 is 0 Å². The zero-order chi connectivity index (χ0) is 22.3. The van der Waals surface area contributed by atoms with Crippen molar-refractivity contribution >= 4 is 35.3 Å². The highest BCUT2D eigenvalue weighted by Crippen LogP contribution is 2.37. The van der Waals surface area contributed by atoms with E-state index in [0.29, 0.717) is 5.57 Å². The molecule has 0 saturated carbocycles. The minimum Gasteiger partial charge on any atom is -0.456 e. The van der Waals surface area contributed by atoms with Gasteiger partial charge in [0, 0.05) is 0 Å². The van der Waals surface area contributed by atoms with Crippen LogP contribution in [0.15, 0.2) is 65.9 Å². The Morgan fingerprint density at radius 2 is 1.48 bits per heavy atom. The van der Waals surface area contributed by atoms with Gasteiger partial charge in [-0.2, -0.15) is 0 Å². The third-order valence-corrected chi connectivity index (χ3v) is 5.66. The topological polar surface area (TPSA) is 84.0 Å². The summed E-state index contributed by atoms with van der Waals surface area (Å²) in [6, 6.07) is 14.3. The molecule has 31 heavy (non-hydrogen) atoms. The molecule has 1 fully saturated rings. The lowest BCUT2D eigenvalue weighted by molar-refractivity contribution is -0.154. The zero-order valence-corrected chi connectivity index (χ0v) is 17.6. The van der Waals surface area contributed by atoms with Crippen LogP contribution in [-0.2, 0) is 20.9 Å². The van der Waals surface area contributed by atoms with Crippen molar-refractivity contribution in [3.05, 3.63) is 82.6 Å². The van der Waals surface area contributed by atoms with Gasteiger partial charge in [-0.3, -0.25) is 24.2 Å². The van der Waals surface area contributed by atoms with Crippen molar-refractivity contribution < 1.29 is 23.9 Å². The lowest BCUT2D eigenvalue weighted by atomic mass is 10.0. The number of likely N-dealkylation sites (tertiary alicyclic amines) is 1. The van der Waals surface area contributed by atoms with E-state index in [1.54, 1.807) is 26.0 Å². The minimum absolute atomic E-state index is 0.00814. The predicted octanol–water partition coefficient (Wildman–Crippen LogP) is 3.10. The summed E-state index contributed by atoms with van der Waals surface area (Å²) in [6.07, 6.45) is 0. The van der Waals surface area contributed by atoms with Crippen molar-refractivity contribution in [3.8, 4) is 0 Å². The van der Waals surface area contributed by atoms with Crippen LogP contribution in [0.2, 0.25) is 0 Å². The highest BCUT2D eigenvalue weighted by atomic mass is 35.5. The highest BCUT2D eigenvalue weighted by Gasteiger charge is 2.57. The van der Waals surface area contributed by atoms with Crippen molar-refractivity contribution in [3.63, 3.8) is 0 Å². The number of halogens is 1. The molecule has 7 nitrogen and oxygen atoms in total. The molecular formula is C23H19ClN2O5. The second-order valence-corrected chi connectivity index (χ2v) is 7.91. The number of allylic oxidation sites excluding steroid dienone is 1. The van der Waals surface area contributed by atoms with E-state index in [4.69, 9.17) is 16.3 Å². The van der Waals surface area contributed by atoms with Crippen molar-refractivity contribution in [1.82, 2.24) is 9.80 Å². The molecule has 2 atom stereocenters. The summed E-state index contributed by atoms with van der Waals surface area (Å²) in [4.78, 5) is 53.1. The van der Waals surface area contributed by atoms with Crippen LogP contribution in [0.25, 0.3) is 0 Å². The summed E-state index contributed by atoms with van der Waals surface area (Å²) < 4.78 is 5.36. The van der Waals surface area contributed by atoms with Crippen LogP contribution < -0.4 is 0 Å². The second-order valence-electron chi connectivity index (χ2n) is 7.46. The first-order valence-corrected chi connectivity index (χ1v) is 10.1. The Morgan fingerprint density at radius 1 is 0.935 bits per heavy atom. The van der Waals surface area contributed by atoms with Crippen LogP contribution >= 0.6 is 11.6 Å². The van der Waals surface area contributed by atoms with E-state index in [1.165, 1.54) is 12.1 Å². The molecule has 0 unspecified atom stereocenters. The Balaban J connectivity index is 1.52. The number of alkyl halides is 1. The summed E-state index contributed by atoms with van der Waals surface area (Å²) in [6.45, 7) is 3.35. The molecule has 2 aromatic rings. The molecule has 4 rings (SSSR count). The van der Waals surface area contributed by atoms with Gasteiger partial charge in [0.2, 0.25) is 0 Å². The van der Waals surface area contributed by atoms with Crippen molar-refractivity contribution in [1.29, 1.82) is 0 Å². The Bertz CT molecular complexity index is 1090. The summed E-state index contributed by atoms with van der Waals surface area (Å²) in [7, 11) is 0. The Labute approximate surface area is 183 Å².